The van der Waals surface area contributed by atoms with Gasteiger partial charge in [-0.25, -0.2) is 17.5 Å². The van der Waals surface area contributed by atoms with Crippen molar-refractivity contribution in [3.05, 3.63) is 41.3 Å². The lowest BCUT2D eigenvalue weighted by molar-refractivity contribution is 0.576. The first-order valence-corrected chi connectivity index (χ1v) is 7.29. The van der Waals surface area contributed by atoms with Crippen molar-refractivity contribution in [2.45, 2.75) is 11.4 Å². The Bertz CT molecular complexity index is 823. The molecule has 0 fully saturated rings. The number of nitrogens with zero attached hydrogens (tertiary/aromatic N) is 3. The Kier molecular flexibility index (Phi) is 3.93. The van der Waals surface area contributed by atoms with Gasteiger partial charge in [-0.2, -0.15) is 10.4 Å². The zero-order valence-electron chi connectivity index (χ0n) is 11.0. The Morgan fingerprint density at radius 2 is 2.24 bits per heavy atom. The van der Waals surface area contributed by atoms with Gasteiger partial charge in [-0.15, -0.1) is 0 Å². The highest BCUT2D eigenvalue weighted by atomic mass is 32.2. The summed E-state index contributed by atoms with van der Waals surface area (Å²) in [5.41, 5.74) is 5.66. The Morgan fingerprint density at radius 1 is 1.52 bits per heavy atom. The predicted octanol–water partition coefficient (Wildman–Crippen LogP) is 0.492. The molecule has 0 aliphatic rings. The number of sulfonamides is 1. The first-order chi connectivity index (χ1) is 9.86. The molecule has 0 amide bonds. The minimum Gasteiger partial charge on any atom is -0.384 e. The summed E-state index contributed by atoms with van der Waals surface area (Å²) >= 11 is 0. The monoisotopic (exact) mass is 309 g/mol. The molecule has 9 heteroatoms. The van der Waals surface area contributed by atoms with Crippen molar-refractivity contribution in [1.82, 2.24) is 14.5 Å². The quantitative estimate of drug-likeness (QED) is 0.853. The van der Waals surface area contributed by atoms with Crippen molar-refractivity contribution < 1.29 is 12.8 Å². The maximum Gasteiger partial charge on any atom is 0.242 e. The molecule has 0 spiro atoms. The van der Waals surface area contributed by atoms with Crippen LogP contribution in [-0.2, 0) is 23.6 Å². The van der Waals surface area contributed by atoms with E-state index in [1.54, 1.807) is 13.1 Å². The Balaban J connectivity index is 2.30. The molecule has 3 N–H and O–H groups in total. The van der Waals surface area contributed by atoms with E-state index in [0.29, 0.717) is 11.4 Å². The number of hydrogen-bond acceptors (Lipinski definition) is 5. The average Bonchev–Trinajstić information content (AvgIpc) is 2.76. The Morgan fingerprint density at radius 3 is 2.81 bits per heavy atom. The third kappa shape index (κ3) is 2.86. The second-order valence-corrected chi connectivity index (χ2v) is 5.96. The fourth-order valence-corrected chi connectivity index (χ4v) is 2.89. The Hall–Kier alpha value is -2.44. The highest BCUT2D eigenvalue weighted by Crippen LogP contribution is 2.18. The number of aryl methyl sites for hydroxylation is 1. The maximum atomic E-state index is 13.5. The van der Waals surface area contributed by atoms with Crippen LogP contribution >= 0.6 is 0 Å². The predicted molar refractivity (Wildman–Crippen MR) is 72.8 cm³/mol. The molecule has 0 atom stereocenters. The van der Waals surface area contributed by atoms with Crippen molar-refractivity contribution in [2.75, 3.05) is 5.73 Å². The smallest absolute Gasteiger partial charge is 0.242 e. The van der Waals surface area contributed by atoms with E-state index in [9.17, 15) is 12.8 Å². The third-order valence-corrected chi connectivity index (χ3v) is 4.34. The van der Waals surface area contributed by atoms with Gasteiger partial charge in [0.25, 0.3) is 0 Å². The molecule has 0 bridgehead atoms. The van der Waals surface area contributed by atoms with E-state index in [2.05, 4.69) is 9.82 Å². The molecule has 1 aromatic heterocycles. The van der Waals surface area contributed by atoms with Gasteiger partial charge in [-0.1, -0.05) is 6.07 Å². The highest BCUT2D eigenvalue weighted by molar-refractivity contribution is 7.89. The second-order valence-electron chi connectivity index (χ2n) is 4.23. The van der Waals surface area contributed by atoms with E-state index in [1.165, 1.54) is 16.9 Å². The van der Waals surface area contributed by atoms with E-state index in [4.69, 9.17) is 11.0 Å². The van der Waals surface area contributed by atoms with Crippen molar-refractivity contribution in [3.63, 3.8) is 0 Å². The van der Waals surface area contributed by atoms with Crippen molar-refractivity contribution in [2.24, 2.45) is 7.05 Å². The summed E-state index contributed by atoms with van der Waals surface area (Å²) in [4.78, 5) is -0.410. The second kappa shape index (κ2) is 5.51. The van der Waals surface area contributed by atoms with Gasteiger partial charge in [0, 0.05) is 19.2 Å². The lowest BCUT2D eigenvalue weighted by Crippen LogP contribution is -2.24. The number of aromatic nitrogens is 2. The zero-order chi connectivity index (χ0) is 15.6. The number of nitrogen functional groups attached to an aromatic ring is 1. The van der Waals surface area contributed by atoms with Gasteiger partial charge < -0.3 is 5.73 Å². The molecular formula is C12H12FN5O2S. The molecule has 1 aromatic carbocycles. The first kappa shape index (κ1) is 15.0. The normalized spacial score (nSPS) is 11.3. The lowest BCUT2D eigenvalue weighted by Gasteiger charge is -2.08. The molecule has 2 aromatic rings. The van der Waals surface area contributed by atoms with Gasteiger partial charge in [0.05, 0.1) is 6.20 Å². The van der Waals surface area contributed by atoms with E-state index >= 15 is 0 Å². The molecule has 2 rings (SSSR count). The van der Waals surface area contributed by atoms with Crippen LogP contribution in [-0.4, -0.2) is 18.2 Å². The van der Waals surface area contributed by atoms with Crippen LogP contribution in [0.5, 0.6) is 0 Å². The van der Waals surface area contributed by atoms with Crippen molar-refractivity contribution in [3.8, 4) is 6.07 Å². The van der Waals surface area contributed by atoms with Crippen LogP contribution < -0.4 is 10.5 Å². The van der Waals surface area contributed by atoms with Crippen LogP contribution in [0, 0.1) is 17.1 Å². The molecule has 1 heterocycles. The van der Waals surface area contributed by atoms with Gasteiger partial charge in [-0.3, -0.25) is 4.68 Å². The molecule has 0 radical (unpaired) electrons. The molecule has 7 nitrogen and oxygen atoms in total. The van der Waals surface area contributed by atoms with Gasteiger partial charge in [0.1, 0.15) is 28.2 Å². The van der Waals surface area contributed by atoms with E-state index in [-0.39, 0.29) is 6.54 Å². The molecule has 0 aliphatic carbocycles. The van der Waals surface area contributed by atoms with Gasteiger partial charge in [0.15, 0.2) is 0 Å². The number of anilines is 1. The molecule has 0 aliphatic heterocycles. The number of benzene rings is 1. The fourth-order valence-electron chi connectivity index (χ4n) is 1.72. The molecule has 0 saturated heterocycles. The molecule has 0 unspecified atom stereocenters. The highest BCUT2D eigenvalue weighted by Gasteiger charge is 2.21. The van der Waals surface area contributed by atoms with E-state index < -0.39 is 26.3 Å². The Labute approximate surface area is 120 Å². The molecule has 110 valence electrons. The van der Waals surface area contributed by atoms with Crippen LogP contribution in [0.15, 0.2) is 29.3 Å². The number of hydrogen-bond donors (Lipinski definition) is 2. The summed E-state index contributed by atoms with van der Waals surface area (Å²) in [7, 11) is -2.42. The zero-order valence-corrected chi connectivity index (χ0v) is 11.9. The summed E-state index contributed by atoms with van der Waals surface area (Å²) in [6.45, 7) is -0.108. The topological polar surface area (TPSA) is 114 Å². The van der Waals surface area contributed by atoms with Gasteiger partial charge in [0.2, 0.25) is 10.0 Å². The van der Waals surface area contributed by atoms with Crippen LogP contribution in [0.3, 0.4) is 0 Å². The van der Waals surface area contributed by atoms with Crippen LogP contribution in [0.4, 0.5) is 10.2 Å². The average molecular weight is 309 g/mol. The molecule has 0 saturated carbocycles. The molecular weight excluding hydrogens is 297 g/mol. The van der Waals surface area contributed by atoms with Gasteiger partial charge >= 0.3 is 0 Å². The van der Waals surface area contributed by atoms with Crippen molar-refractivity contribution in [1.29, 1.82) is 5.26 Å². The number of rotatable bonds is 4. The van der Waals surface area contributed by atoms with Crippen LogP contribution in [0.1, 0.15) is 11.1 Å². The summed E-state index contributed by atoms with van der Waals surface area (Å²) in [6, 6.07) is 4.96. The number of nitriles is 1. The van der Waals surface area contributed by atoms with Gasteiger partial charge in [-0.05, 0) is 12.1 Å². The SMILES string of the molecule is Cn1ncc(CNS(=O)(=O)c2cccc(F)c2C#N)c1N. The minimum atomic E-state index is -4.04. The number of nitrogens with one attached hydrogen (secondary N) is 1. The number of halogens is 1. The third-order valence-electron chi connectivity index (χ3n) is 2.89. The summed E-state index contributed by atoms with van der Waals surface area (Å²) in [6.07, 6.45) is 1.43. The summed E-state index contributed by atoms with van der Waals surface area (Å²) in [5.74, 6) is -0.571. The standard InChI is InChI=1S/C12H12FN5O2S/c1-18-12(15)8(6-16-18)7-17-21(19,20)11-4-2-3-10(13)9(11)5-14/h2-4,6,17H,7,15H2,1H3. The minimum absolute atomic E-state index is 0.108. The summed E-state index contributed by atoms with van der Waals surface area (Å²) < 4.78 is 41.4. The lowest BCUT2D eigenvalue weighted by atomic mass is 10.2. The first-order valence-electron chi connectivity index (χ1n) is 5.81. The summed E-state index contributed by atoms with van der Waals surface area (Å²) in [5, 5.41) is 12.8. The maximum absolute atomic E-state index is 13.5. The molecule has 21 heavy (non-hydrogen) atoms. The van der Waals surface area contributed by atoms with Crippen LogP contribution in [0.2, 0.25) is 0 Å². The van der Waals surface area contributed by atoms with E-state index in [0.717, 1.165) is 12.1 Å². The largest absolute Gasteiger partial charge is 0.384 e. The fraction of sp³-hybridized carbons (Fsp3) is 0.167. The van der Waals surface area contributed by atoms with Crippen LogP contribution in [0.25, 0.3) is 0 Å². The van der Waals surface area contributed by atoms with E-state index in [1.807, 2.05) is 0 Å². The van der Waals surface area contributed by atoms with Crippen molar-refractivity contribution >= 4 is 15.8 Å². The number of nitrogens with two attached hydrogens (primary N) is 1.